The average molecular weight is 384 g/mol. The van der Waals surface area contributed by atoms with Gasteiger partial charge in [-0.15, -0.1) is 12.4 Å². The number of hydrogen-bond acceptors (Lipinski definition) is 2. The van der Waals surface area contributed by atoms with Crippen LogP contribution < -0.4 is 0 Å². The van der Waals surface area contributed by atoms with Gasteiger partial charge in [-0.25, -0.2) is 0 Å². The van der Waals surface area contributed by atoms with Crippen LogP contribution in [0, 0.1) is 5.92 Å². The van der Waals surface area contributed by atoms with Crippen molar-refractivity contribution in [3.8, 4) is 5.75 Å². The molecule has 2 nitrogen and oxygen atoms in total. The number of halogens is 1. The van der Waals surface area contributed by atoms with E-state index in [0.717, 1.165) is 17.9 Å². The van der Waals surface area contributed by atoms with E-state index < -0.39 is 0 Å². The quantitative estimate of drug-likeness (QED) is 0.753. The van der Waals surface area contributed by atoms with Crippen LogP contribution in [-0.2, 0) is 5.41 Å². The highest BCUT2D eigenvalue weighted by molar-refractivity contribution is 5.85. The molecule has 0 radical (unpaired) electrons. The van der Waals surface area contributed by atoms with Gasteiger partial charge in [0.25, 0.3) is 0 Å². The summed E-state index contributed by atoms with van der Waals surface area (Å²) in [7, 11) is 0. The zero-order valence-corrected chi connectivity index (χ0v) is 16.7. The highest BCUT2D eigenvalue weighted by Crippen LogP contribution is 2.51. The third-order valence-electron chi connectivity index (χ3n) is 7.29. The Morgan fingerprint density at radius 2 is 1.89 bits per heavy atom. The number of nitrogens with zero attached hydrogens (tertiary/aromatic N) is 1. The van der Waals surface area contributed by atoms with Gasteiger partial charge in [0.1, 0.15) is 5.75 Å². The first-order valence-corrected chi connectivity index (χ1v) is 10.3. The molecule has 5 rings (SSSR count). The lowest BCUT2D eigenvalue weighted by atomic mass is 9.63. The molecule has 2 bridgehead atoms. The number of likely N-dealkylation sites (tertiary alicyclic amines) is 1. The number of piperidine rings is 1. The van der Waals surface area contributed by atoms with Crippen LogP contribution in [0.2, 0.25) is 0 Å². The normalized spacial score (nSPS) is 32.5. The molecule has 27 heavy (non-hydrogen) atoms. The maximum atomic E-state index is 9.94. The van der Waals surface area contributed by atoms with Gasteiger partial charge in [0.15, 0.2) is 0 Å². The van der Waals surface area contributed by atoms with E-state index in [-0.39, 0.29) is 12.4 Å². The Morgan fingerprint density at radius 3 is 2.70 bits per heavy atom. The summed E-state index contributed by atoms with van der Waals surface area (Å²) in [5.74, 6) is 2.07. The molecule has 3 aliphatic rings. The predicted molar refractivity (Wildman–Crippen MR) is 113 cm³/mol. The van der Waals surface area contributed by atoms with Gasteiger partial charge in [0.2, 0.25) is 0 Å². The molecule has 1 N–H and O–H groups in total. The van der Waals surface area contributed by atoms with Crippen LogP contribution in [-0.4, -0.2) is 29.1 Å². The smallest absolute Gasteiger partial charge is 0.115 e. The lowest BCUT2D eigenvalue weighted by Crippen LogP contribution is -2.52. The fourth-order valence-corrected chi connectivity index (χ4v) is 5.75. The summed E-state index contributed by atoms with van der Waals surface area (Å²) in [5, 5.41) is 9.94. The van der Waals surface area contributed by atoms with Crippen molar-refractivity contribution in [2.45, 2.75) is 55.9 Å². The van der Waals surface area contributed by atoms with Crippen molar-refractivity contribution < 1.29 is 5.11 Å². The minimum atomic E-state index is 0. The first-order valence-electron chi connectivity index (χ1n) is 10.3. The highest BCUT2D eigenvalue weighted by Gasteiger charge is 2.46. The third kappa shape index (κ3) is 3.62. The molecule has 0 aromatic heterocycles. The van der Waals surface area contributed by atoms with E-state index in [1.54, 1.807) is 6.07 Å². The maximum Gasteiger partial charge on any atom is 0.115 e. The molecule has 2 saturated carbocycles. The van der Waals surface area contributed by atoms with Crippen molar-refractivity contribution in [3.05, 3.63) is 65.7 Å². The van der Waals surface area contributed by atoms with Crippen molar-refractivity contribution in [3.63, 3.8) is 0 Å². The minimum absolute atomic E-state index is 0. The second kappa shape index (κ2) is 7.48. The molecule has 0 unspecified atom stereocenters. The van der Waals surface area contributed by atoms with Crippen molar-refractivity contribution in [2.24, 2.45) is 5.92 Å². The van der Waals surface area contributed by atoms with Crippen molar-refractivity contribution >= 4 is 12.4 Å². The number of aromatic hydroxyl groups is 1. The van der Waals surface area contributed by atoms with E-state index in [9.17, 15) is 5.11 Å². The number of rotatable bonds is 4. The van der Waals surface area contributed by atoms with Gasteiger partial charge >= 0.3 is 0 Å². The summed E-state index contributed by atoms with van der Waals surface area (Å²) in [4.78, 5) is 2.80. The summed E-state index contributed by atoms with van der Waals surface area (Å²) in [5.41, 5.74) is 3.21. The summed E-state index contributed by atoms with van der Waals surface area (Å²) >= 11 is 0. The Bertz CT molecular complexity index is 779. The van der Waals surface area contributed by atoms with Crippen molar-refractivity contribution in [1.82, 2.24) is 4.90 Å². The average Bonchev–Trinajstić information content (AvgIpc) is 3.45. The maximum absolute atomic E-state index is 9.94. The Kier molecular flexibility index (Phi) is 5.22. The van der Waals surface area contributed by atoms with Gasteiger partial charge in [-0.1, -0.05) is 48.9 Å². The molecule has 1 heterocycles. The minimum Gasteiger partial charge on any atom is -0.508 e. The van der Waals surface area contributed by atoms with Crippen LogP contribution in [0.15, 0.2) is 54.6 Å². The number of fused-ring (bicyclic) bond motifs is 2. The number of phenolic OH excluding ortho intramolecular Hbond substituents is 1. The van der Waals surface area contributed by atoms with Gasteiger partial charge in [0, 0.05) is 12.6 Å². The topological polar surface area (TPSA) is 23.5 Å². The first kappa shape index (κ1) is 18.8. The fraction of sp³-hybridized carbons (Fsp3) is 0.500. The summed E-state index contributed by atoms with van der Waals surface area (Å²) in [6.07, 6.45) is 7.85. The van der Waals surface area contributed by atoms with E-state index in [1.807, 2.05) is 12.1 Å². The van der Waals surface area contributed by atoms with Crippen molar-refractivity contribution in [2.75, 3.05) is 13.1 Å². The van der Waals surface area contributed by atoms with E-state index in [2.05, 4.69) is 41.3 Å². The molecule has 2 aromatic rings. The molecule has 0 spiro atoms. The molecule has 2 aliphatic carbocycles. The fourth-order valence-electron chi connectivity index (χ4n) is 5.75. The molecular formula is C24H30ClNO. The van der Waals surface area contributed by atoms with E-state index in [1.165, 1.54) is 62.7 Å². The molecule has 3 heteroatoms. The Hall–Kier alpha value is -1.51. The van der Waals surface area contributed by atoms with Gasteiger partial charge in [-0.3, -0.25) is 0 Å². The van der Waals surface area contributed by atoms with Crippen LogP contribution in [0.25, 0.3) is 0 Å². The van der Waals surface area contributed by atoms with Crippen molar-refractivity contribution in [1.29, 1.82) is 0 Å². The van der Waals surface area contributed by atoms with Gasteiger partial charge < -0.3 is 10.0 Å². The number of benzene rings is 2. The third-order valence-corrected chi connectivity index (χ3v) is 7.29. The SMILES string of the molecule is Cl.Oc1cccc([C@]23CCC[C@H](C2)N(C[C@H]2C[C@@H]2c2ccccc2)CC3)c1. The van der Waals surface area contributed by atoms with Crippen LogP contribution >= 0.6 is 12.4 Å². The summed E-state index contributed by atoms with van der Waals surface area (Å²) < 4.78 is 0. The van der Waals surface area contributed by atoms with E-state index >= 15 is 0 Å². The molecular weight excluding hydrogens is 354 g/mol. The number of phenols is 1. The first-order chi connectivity index (χ1) is 12.7. The molecule has 0 amide bonds. The Morgan fingerprint density at radius 1 is 1.04 bits per heavy atom. The summed E-state index contributed by atoms with van der Waals surface area (Å²) in [6.45, 7) is 2.50. The van der Waals surface area contributed by atoms with Crippen LogP contribution in [0.4, 0.5) is 0 Å². The Balaban J connectivity index is 0.00000180. The molecule has 2 aromatic carbocycles. The van der Waals surface area contributed by atoms with Gasteiger partial charge in [-0.05, 0) is 79.2 Å². The van der Waals surface area contributed by atoms with Gasteiger partial charge in [0.05, 0.1) is 0 Å². The number of hydrogen-bond donors (Lipinski definition) is 1. The highest BCUT2D eigenvalue weighted by atomic mass is 35.5. The summed E-state index contributed by atoms with van der Waals surface area (Å²) in [6, 6.07) is 19.9. The van der Waals surface area contributed by atoms with Crippen LogP contribution in [0.5, 0.6) is 5.75 Å². The molecule has 1 aliphatic heterocycles. The lowest BCUT2D eigenvalue weighted by molar-refractivity contribution is 0.0478. The van der Waals surface area contributed by atoms with E-state index in [0.29, 0.717) is 11.2 Å². The lowest BCUT2D eigenvalue weighted by Gasteiger charge is -2.51. The van der Waals surface area contributed by atoms with Crippen LogP contribution in [0.1, 0.15) is 55.6 Å². The largest absolute Gasteiger partial charge is 0.508 e. The Labute approximate surface area is 169 Å². The molecule has 144 valence electrons. The second-order valence-electron chi connectivity index (χ2n) is 8.84. The molecule has 4 atom stereocenters. The molecule has 1 saturated heterocycles. The standard InChI is InChI=1S/C24H29NO.ClH/c26-22-10-4-8-20(15-22)24-11-5-9-21(16-24)25(13-12-24)17-19-14-23(19)18-6-2-1-3-7-18;/h1-4,6-8,10,15,19,21,23,26H,5,9,11-14,16-17H2;1H/t19-,21-,23-,24+;/m1./s1. The molecule has 3 fully saturated rings. The zero-order valence-electron chi connectivity index (χ0n) is 15.9. The van der Waals surface area contributed by atoms with E-state index in [4.69, 9.17) is 0 Å². The van der Waals surface area contributed by atoms with Crippen LogP contribution in [0.3, 0.4) is 0 Å². The van der Waals surface area contributed by atoms with Gasteiger partial charge in [-0.2, -0.15) is 0 Å². The zero-order chi connectivity index (χ0) is 17.6. The second-order valence-corrected chi connectivity index (χ2v) is 8.84. The predicted octanol–water partition coefficient (Wildman–Crippen LogP) is 5.50. The monoisotopic (exact) mass is 383 g/mol.